The Labute approximate surface area is 97.9 Å². The van der Waals surface area contributed by atoms with Crippen LogP contribution in [0.15, 0.2) is 17.0 Å². The van der Waals surface area contributed by atoms with Crippen molar-refractivity contribution in [2.45, 2.75) is 18.7 Å². The van der Waals surface area contributed by atoms with Crippen LogP contribution in [0.3, 0.4) is 0 Å². The zero-order valence-corrected chi connectivity index (χ0v) is 10.2. The summed E-state index contributed by atoms with van der Waals surface area (Å²) in [4.78, 5) is -1.11. The van der Waals surface area contributed by atoms with E-state index in [0.717, 1.165) is 4.31 Å². The maximum absolute atomic E-state index is 13.4. The van der Waals surface area contributed by atoms with Gasteiger partial charge in [0.05, 0.1) is 0 Å². The summed E-state index contributed by atoms with van der Waals surface area (Å²) in [5.41, 5.74) is 0. The molecule has 0 saturated heterocycles. The second kappa shape index (κ2) is 5.05. The van der Waals surface area contributed by atoms with Gasteiger partial charge in [-0.05, 0) is 0 Å². The molecule has 17 heavy (non-hydrogen) atoms. The van der Waals surface area contributed by atoms with Gasteiger partial charge >= 0.3 is 0 Å². The van der Waals surface area contributed by atoms with Crippen molar-refractivity contribution in [3.63, 3.8) is 0 Å². The van der Waals surface area contributed by atoms with Crippen molar-refractivity contribution in [2.75, 3.05) is 13.1 Å². The van der Waals surface area contributed by atoms with E-state index < -0.39 is 32.4 Å². The van der Waals surface area contributed by atoms with Crippen molar-refractivity contribution < 1.29 is 21.6 Å². The molecule has 0 bridgehead atoms. The average molecular weight is 267 g/mol. The Kier molecular flexibility index (Phi) is 4.16. The zero-order valence-electron chi connectivity index (χ0n) is 9.37. The van der Waals surface area contributed by atoms with Gasteiger partial charge in [-0.15, -0.1) is 0 Å². The van der Waals surface area contributed by atoms with E-state index in [-0.39, 0.29) is 13.1 Å². The molecule has 0 N–H and O–H groups in total. The molecule has 0 aliphatic rings. The average Bonchev–Trinajstić information content (AvgIpc) is 2.16. The van der Waals surface area contributed by atoms with Gasteiger partial charge in [-0.3, -0.25) is 0 Å². The summed E-state index contributed by atoms with van der Waals surface area (Å²) >= 11 is 0. The summed E-state index contributed by atoms with van der Waals surface area (Å²) in [6.07, 6.45) is 0. The molecule has 0 fully saturated rings. The zero-order chi connectivity index (χ0) is 13.2. The first-order chi connectivity index (χ1) is 7.84. The Morgan fingerprint density at radius 3 is 1.82 bits per heavy atom. The van der Waals surface area contributed by atoms with Crippen LogP contribution in [-0.4, -0.2) is 25.8 Å². The Hall–Kier alpha value is -1.08. The van der Waals surface area contributed by atoms with Gasteiger partial charge in [0.25, 0.3) is 0 Å². The fourth-order valence-corrected chi connectivity index (χ4v) is 3.02. The van der Waals surface area contributed by atoms with Gasteiger partial charge in [0.2, 0.25) is 10.0 Å². The Morgan fingerprint density at radius 1 is 1.06 bits per heavy atom. The molecule has 7 heteroatoms. The number of hydrogen-bond donors (Lipinski definition) is 0. The fourth-order valence-electron chi connectivity index (χ4n) is 1.47. The minimum absolute atomic E-state index is 0.0785. The summed E-state index contributed by atoms with van der Waals surface area (Å²) in [5, 5.41) is 0. The van der Waals surface area contributed by atoms with E-state index in [1.54, 1.807) is 13.8 Å². The standard InChI is InChI=1S/C10H12F3NO2S/c1-3-14(4-2)17(15,16)10-8(12)5-7(11)6-9(10)13/h5-6H,3-4H2,1-2H3. The van der Waals surface area contributed by atoms with Crippen molar-refractivity contribution in [1.29, 1.82) is 0 Å². The molecular formula is C10H12F3NO2S. The van der Waals surface area contributed by atoms with Crippen molar-refractivity contribution in [2.24, 2.45) is 0 Å². The van der Waals surface area contributed by atoms with Gasteiger partial charge in [0.15, 0.2) is 4.90 Å². The first kappa shape index (κ1) is 14.0. The number of hydrogen-bond acceptors (Lipinski definition) is 2. The minimum Gasteiger partial charge on any atom is -0.207 e. The summed E-state index contributed by atoms with van der Waals surface area (Å²) < 4.78 is 64.0. The maximum Gasteiger partial charge on any atom is 0.248 e. The van der Waals surface area contributed by atoms with Crippen LogP contribution >= 0.6 is 0 Å². The van der Waals surface area contributed by atoms with Crippen LogP contribution in [0, 0.1) is 17.5 Å². The molecule has 0 amide bonds. The molecule has 0 aliphatic carbocycles. The normalized spacial score (nSPS) is 12.1. The van der Waals surface area contributed by atoms with E-state index >= 15 is 0 Å². The molecule has 96 valence electrons. The van der Waals surface area contributed by atoms with Crippen molar-refractivity contribution in [3.8, 4) is 0 Å². The van der Waals surface area contributed by atoms with E-state index in [9.17, 15) is 21.6 Å². The number of sulfonamides is 1. The Morgan fingerprint density at radius 2 is 1.47 bits per heavy atom. The lowest BCUT2D eigenvalue weighted by molar-refractivity contribution is 0.428. The minimum atomic E-state index is -4.26. The molecule has 0 aliphatic heterocycles. The van der Waals surface area contributed by atoms with Crippen LogP contribution in [0.4, 0.5) is 13.2 Å². The van der Waals surface area contributed by atoms with Gasteiger partial charge in [-0.1, -0.05) is 13.8 Å². The number of nitrogens with zero attached hydrogens (tertiary/aromatic N) is 1. The third-order valence-electron chi connectivity index (χ3n) is 2.27. The lowest BCUT2D eigenvalue weighted by Crippen LogP contribution is -2.32. The van der Waals surface area contributed by atoms with Crippen LogP contribution < -0.4 is 0 Å². The molecule has 3 nitrogen and oxygen atoms in total. The molecule has 0 unspecified atom stereocenters. The predicted octanol–water partition coefficient (Wildman–Crippen LogP) is 2.13. The topological polar surface area (TPSA) is 37.4 Å². The number of benzene rings is 1. The molecule has 0 atom stereocenters. The molecule has 1 rings (SSSR count). The SMILES string of the molecule is CCN(CC)S(=O)(=O)c1c(F)cc(F)cc1F. The first-order valence-electron chi connectivity index (χ1n) is 4.99. The smallest absolute Gasteiger partial charge is 0.207 e. The van der Waals surface area contributed by atoms with Crippen molar-refractivity contribution >= 4 is 10.0 Å². The lowest BCUT2D eigenvalue weighted by atomic mass is 10.3. The quantitative estimate of drug-likeness (QED) is 0.838. The number of rotatable bonds is 4. The Bertz CT molecular complexity index is 489. The van der Waals surface area contributed by atoms with Gasteiger partial charge in [-0.25, -0.2) is 21.6 Å². The maximum atomic E-state index is 13.4. The van der Waals surface area contributed by atoms with E-state index in [4.69, 9.17) is 0 Å². The summed E-state index contributed by atoms with van der Waals surface area (Å²) in [7, 11) is -4.26. The second-order valence-corrected chi connectivity index (χ2v) is 5.16. The molecule has 0 aromatic heterocycles. The van der Waals surface area contributed by atoms with Crippen LogP contribution in [0.5, 0.6) is 0 Å². The van der Waals surface area contributed by atoms with E-state index in [1.807, 2.05) is 0 Å². The first-order valence-corrected chi connectivity index (χ1v) is 6.43. The van der Waals surface area contributed by atoms with E-state index in [1.165, 1.54) is 0 Å². The molecule has 0 radical (unpaired) electrons. The van der Waals surface area contributed by atoms with Gasteiger partial charge in [0, 0.05) is 25.2 Å². The van der Waals surface area contributed by atoms with Gasteiger partial charge < -0.3 is 0 Å². The second-order valence-electron chi connectivity index (χ2n) is 3.29. The molecular weight excluding hydrogens is 255 g/mol. The highest BCUT2D eigenvalue weighted by Crippen LogP contribution is 2.23. The van der Waals surface area contributed by atoms with Crippen LogP contribution in [0.25, 0.3) is 0 Å². The number of halogens is 3. The predicted molar refractivity (Wildman–Crippen MR) is 56.4 cm³/mol. The van der Waals surface area contributed by atoms with Crippen molar-refractivity contribution in [3.05, 3.63) is 29.6 Å². The lowest BCUT2D eigenvalue weighted by Gasteiger charge is -2.19. The van der Waals surface area contributed by atoms with E-state index in [0.29, 0.717) is 12.1 Å². The summed E-state index contributed by atoms with van der Waals surface area (Å²) in [6.45, 7) is 3.24. The highest BCUT2D eigenvalue weighted by atomic mass is 32.2. The molecule has 0 saturated carbocycles. The largest absolute Gasteiger partial charge is 0.248 e. The molecule has 0 spiro atoms. The highest BCUT2D eigenvalue weighted by Gasteiger charge is 2.29. The third-order valence-corrected chi connectivity index (χ3v) is 4.37. The molecule has 1 aromatic rings. The highest BCUT2D eigenvalue weighted by molar-refractivity contribution is 7.89. The van der Waals surface area contributed by atoms with Crippen LogP contribution in [-0.2, 0) is 10.0 Å². The van der Waals surface area contributed by atoms with Gasteiger partial charge in [-0.2, -0.15) is 4.31 Å². The fraction of sp³-hybridized carbons (Fsp3) is 0.400. The van der Waals surface area contributed by atoms with Crippen LogP contribution in [0.2, 0.25) is 0 Å². The molecule has 1 aromatic carbocycles. The van der Waals surface area contributed by atoms with Crippen molar-refractivity contribution in [1.82, 2.24) is 4.31 Å². The van der Waals surface area contributed by atoms with Crippen LogP contribution in [0.1, 0.15) is 13.8 Å². The van der Waals surface area contributed by atoms with E-state index in [2.05, 4.69) is 0 Å². The summed E-state index contributed by atoms with van der Waals surface area (Å²) in [5.74, 6) is -4.00. The Balaban J connectivity index is 3.44. The summed E-state index contributed by atoms with van der Waals surface area (Å²) in [6, 6.07) is 0.693. The monoisotopic (exact) mass is 267 g/mol. The third kappa shape index (κ3) is 2.61. The van der Waals surface area contributed by atoms with Gasteiger partial charge in [0.1, 0.15) is 17.5 Å². The molecule has 0 heterocycles.